The van der Waals surface area contributed by atoms with Gasteiger partial charge in [-0.05, 0) is 25.7 Å². The first-order valence-electron chi connectivity index (χ1n) is 6.24. The molecule has 6 nitrogen and oxygen atoms in total. The van der Waals surface area contributed by atoms with Crippen LogP contribution in [0.3, 0.4) is 0 Å². The molecular formula is C12H16N2O4S. The fourth-order valence-corrected chi connectivity index (χ4v) is 3.06. The fourth-order valence-electron chi connectivity index (χ4n) is 2.31. The van der Waals surface area contributed by atoms with Gasteiger partial charge in [-0.2, -0.15) is 0 Å². The van der Waals surface area contributed by atoms with E-state index in [1.807, 2.05) is 0 Å². The number of amides is 1. The van der Waals surface area contributed by atoms with E-state index >= 15 is 0 Å². The number of rotatable bonds is 4. The number of aliphatic hydroxyl groups is 1. The van der Waals surface area contributed by atoms with E-state index in [0.29, 0.717) is 13.0 Å². The van der Waals surface area contributed by atoms with Gasteiger partial charge in [0.05, 0.1) is 0 Å². The lowest BCUT2D eigenvalue weighted by Crippen LogP contribution is -2.44. The Morgan fingerprint density at radius 2 is 2.26 bits per heavy atom. The van der Waals surface area contributed by atoms with E-state index < -0.39 is 5.97 Å². The molecule has 0 aliphatic carbocycles. The number of aromatic carboxylic acids is 1. The van der Waals surface area contributed by atoms with Gasteiger partial charge in [0.25, 0.3) is 5.91 Å². The van der Waals surface area contributed by atoms with Crippen molar-refractivity contribution in [3.05, 3.63) is 16.1 Å². The first kappa shape index (κ1) is 14.0. The van der Waals surface area contributed by atoms with Crippen LogP contribution in [0.5, 0.6) is 0 Å². The van der Waals surface area contributed by atoms with E-state index in [1.54, 1.807) is 4.90 Å². The molecule has 104 valence electrons. The summed E-state index contributed by atoms with van der Waals surface area (Å²) in [5, 5.41) is 19.4. The van der Waals surface area contributed by atoms with Gasteiger partial charge >= 0.3 is 5.97 Å². The molecule has 1 amide bonds. The Morgan fingerprint density at radius 1 is 1.47 bits per heavy atom. The monoisotopic (exact) mass is 284 g/mol. The van der Waals surface area contributed by atoms with Crippen LogP contribution < -0.4 is 0 Å². The average Bonchev–Trinajstić information content (AvgIpc) is 2.89. The molecule has 0 spiro atoms. The van der Waals surface area contributed by atoms with Crippen LogP contribution in [0, 0.1) is 0 Å². The molecule has 19 heavy (non-hydrogen) atoms. The van der Waals surface area contributed by atoms with Gasteiger partial charge < -0.3 is 15.1 Å². The van der Waals surface area contributed by atoms with Gasteiger partial charge in [-0.25, -0.2) is 9.78 Å². The number of carboxylic acids is 1. The molecule has 1 aromatic heterocycles. The van der Waals surface area contributed by atoms with Crippen molar-refractivity contribution in [3.63, 3.8) is 0 Å². The molecule has 1 saturated heterocycles. The van der Waals surface area contributed by atoms with Crippen molar-refractivity contribution in [2.24, 2.45) is 0 Å². The maximum Gasteiger partial charge on any atom is 0.355 e. The Morgan fingerprint density at radius 3 is 2.89 bits per heavy atom. The minimum Gasteiger partial charge on any atom is -0.476 e. The van der Waals surface area contributed by atoms with Gasteiger partial charge in [-0.15, -0.1) is 11.3 Å². The highest BCUT2D eigenvalue weighted by molar-refractivity contribution is 7.11. The third-order valence-corrected chi connectivity index (χ3v) is 4.09. The molecule has 1 aliphatic rings. The molecule has 1 aromatic rings. The molecule has 2 heterocycles. The molecule has 1 unspecified atom stereocenters. The number of aromatic nitrogens is 1. The molecule has 2 rings (SSSR count). The van der Waals surface area contributed by atoms with Crippen molar-refractivity contribution in [2.45, 2.75) is 31.7 Å². The number of nitrogens with zero attached hydrogens (tertiary/aromatic N) is 2. The first-order valence-corrected chi connectivity index (χ1v) is 7.12. The zero-order valence-corrected chi connectivity index (χ0v) is 11.2. The molecule has 0 saturated carbocycles. The highest BCUT2D eigenvalue weighted by Crippen LogP contribution is 2.23. The van der Waals surface area contributed by atoms with Gasteiger partial charge in [0.2, 0.25) is 0 Å². The Balaban J connectivity index is 2.13. The number of likely N-dealkylation sites (tertiary alicyclic amines) is 1. The van der Waals surface area contributed by atoms with Crippen molar-refractivity contribution in [2.75, 3.05) is 13.2 Å². The molecule has 0 radical (unpaired) electrons. The van der Waals surface area contributed by atoms with Gasteiger partial charge in [0.15, 0.2) is 10.7 Å². The van der Waals surface area contributed by atoms with Crippen LogP contribution in [0.4, 0.5) is 0 Å². The molecule has 1 aliphatic heterocycles. The number of aliphatic hydroxyl groups excluding tert-OH is 1. The summed E-state index contributed by atoms with van der Waals surface area (Å²) in [5.74, 6) is -1.35. The summed E-state index contributed by atoms with van der Waals surface area (Å²) in [6.45, 7) is 0.693. The van der Waals surface area contributed by atoms with E-state index in [4.69, 9.17) is 10.2 Å². The molecule has 2 N–H and O–H groups in total. The number of hydrogen-bond donors (Lipinski definition) is 2. The third-order valence-electron chi connectivity index (χ3n) is 3.26. The number of thiazole rings is 1. The SMILES string of the molecule is O=C(O)c1csc(C(=O)N2CCCCC2CCO)n1. The summed E-state index contributed by atoms with van der Waals surface area (Å²) in [7, 11) is 0. The molecule has 1 fully saturated rings. The Bertz CT molecular complexity index is 472. The lowest BCUT2D eigenvalue weighted by Gasteiger charge is -2.35. The second kappa shape index (κ2) is 6.12. The van der Waals surface area contributed by atoms with Crippen molar-refractivity contribution in [1.82, 2.24) is 9.88 Å². The summed E-state index contributed by atoms with van der Waals surface area (Å²) in [5.41, 5.74) is -0.0935. The van der Waals surface area contributed by atoms with E-state index in [0.717, 1.165) is 30.6 Å². The minimum atomic E-state index is -1.12. The maximum atomic E-state index is 12.3. The van der Waals surface area contributed by atoms with E-state index in [2.05, 4.69) is 4.98 Å². The lowest BCUT2D eigenvalue weighted by atomic mass is 9.99. The smallest absolute Gasteiger partial charge is 0.355 e. The second-order valence-corrected chi connectivity index (χ2v) is 5.36. The summed E-state index contributed by atoms with van der Waals surface area (Å²) in [4.78, 5) is 28.6. The Labute approximate surface area is 114 Å². The highest BCUT2D eigenvalue weighted by atomic mass is 32.1. The number of carbonyl (C=O) groups excluding carboxylic acids is 1. The summed E-state index contributed by atoms with van der Waals surface area (Å²) in [6.07, 6.45) is 3.42. The second-order valence-electron chi connectivity index (χ2n) is 4.50. The van der Waals surface area contributed by atoms with Crippen LogP contribution in [0.25, 0.3) is 0 Å². The van der Waals surface area contributed by atoms with Crippen molar-refractivity contribution < 1.29 is 19.8 Å². The van der Waals surface area contributed by atoms with Crippen molar-refractivity contribution in [3.8, 4) is 0 Å². The number of hydrogen-bond acceptors (Lipinski definition) is 5. The Hall–Kier alpha value is -1.47. The van der Waals surface area contributed by atoms with Crippen LogP contribution in [-0.2, 0) is 0 Å². The third kappa shape index (κ3) is 3.10. The van der Waals surface area contributed by atoms with Crippen LogP contribution in [0.2, 0.25) is 0 Å². The van der Waals surface area contributed by atoms with Crippen LogP contribution in [-0.4, -0.2) is 51.2 Å². The lowest BCUT2D eigenvalue weighted by molar-refractivity contribution is 0.0574. The predicted octanol–water partition coefficient (Wildman–Crippen LogP) is 1.22. The zero-order valence-electron chi connectivity index (χ0n) is 10.4. The van der Waals surface area contributed by atoms with Gasteiger partial charge in [0.1, 0.15) is 0 Å². The molecular weight excluding hydrogens is 268 g/mol. The Kier molecular flexibility index (Phi) is 4.49. The van der Waals surface area contributed by atoms with Gasteiger partial charge in [-0.1, -0.05) is 0 Å². The van der Waals surface area contributed by atoms with Crippen molar-refractivity contribution >= 4 is 23.2 Å². The van der Waals surface area contributed by atoms with E-state index in [1.165, 1.54) is 5.38 Å². The van der Waals surface area contributed by atoms with E-state index in [9.17, 15) is 9.59 Å². The fraction of sp³-hybridized carbons (Fsp3) is 0.583. The average molecular weight is 284 g/mol. The highest BCUT2D eigenvalue weighted by Gasteiger charge is 2.29. The quantitative estimate of drug-likeness (QED) is 0.867. The summed E-state index contributed by atoms with van der Waals surface area (Å²) >= 11 is 1.05. The molecule has 7 heteroatoms. The van der Waals surface area contributed by atoms with Crippen molar-refractivity contribution in [1.29, 1.82) is 0 Å². The minimum absolute atomic E-state index is 0.0310. The maximum absolute atomic E-state index is 12.3. The van der Waals surface area contributed by atoms with E-state index in [-0.39, 0.29) is 29.3 Å². The largest absolute Gasteiger partial charge is 0.476 e. The topological polar surface area (TPSA) is 90.7 Å². The summed E-state index contributed by atoms with van der Waals surface area (Å²) < 4.78 is 0. The molecule has 0 aromatic carbocycles. The van der Waals surface area contributed by atoms with Gasteiger partial charge in [0, 0.05) is 24.6 Å². The van der Waals surface area contributed by atoms with Crippen LogP contribution in [0.1, 0.15) is 46.0 Å². The van der Waals surface area contributed by atoms with Gasteiger partial charge in [-0.3, -0.25) is 4.79 Å². The summed E-state index contributed by atoms with van der Waals surface area (Å²) in [6, 6.07) is 0.0310. The van der Waals surface area contributed by atoms with Crippen LogP contribution >= 0.6 is 11.3 Å². The number of piperidine rings is 1. The van der Waals surface area contributed by atoms with Crippen LogP contribution in [0.15, 0.2) is 5.38 Å². The zero-order chi connectivity index (χ0) is 13.8. The number of carboxylic acid groups (broad SMARTS) is 1. The normalized spacial score (nSPS) is 19.4. The first-order chi connectivity index (χ1) is 9.13. The molecule has 1 atom stereocenters. The molecule has 0 bridgehead atoms. The number of carbonyl (C=O) groups is 2. The predicted molar refractivity (Wildman–Crippen MR) is 69.5 cm³/mol. The standard InChI is InChI=1S/C12H16N2O4S/c15-6-4-8-3-1-2-5-14(8)11(16)10-13-9(7-19-10)12(17)18/h7-8,15H,1-6H2,(H,17,18).